The molecule has 1 aromatic heterocycles. The third kappa shape index (κ3) is 3.04. The van der Waals surface area contributed by atoms with E-state index in [4.69, 9.17) is 9.84 Å². The minimum Gasteiger partial charge on any atom is -0.394 e. The van der Waals surface area contributed by atoms with E-state index >= 15 is 0 Å². The van der Waals surface area contributed by atoms with E-state index in [0.29, 0.717) is 6.54 Å². The molecule has 0 bridgehead atoms. The Hall–Kier alpha value is -1.59. The van der Waals surface area contributed by atoms with Crippen LogP contribution in [0.4, 0.5) is 0 Å². The molecule has 0 aromatic carbocycles. The van der Waals surface area contributed by atoms with Gasteiger partial charge in [0.25, 0.3) is 5.91 Å². The maximum atomic E-state index is 11.6. The third-order valence-electron chi connectivity index (χ3n) is 3.21. The van der Waals surface area contributed by atoms with Crippen LogP contribution in [0.25, 0.3) is 0 Å². The van der Waals surface area contributed by atoms with E-state index in [2.05, 4.69) is 15.6 Å². The maximum absolute atomic E-state index is 11.6. The van der Waals surface area contributed by atoms with Gasteiger partial charge in [0, 0.05) is 6.54 Å². The first-order valence-corrected chi connectivity index (χ1v) is 6.50. The summed E-state index contributed by atoms with van der Waals surface area (Å²) in [7, 11) is 0. The van der Waals surface area contributed by atoms with E-state index in [0.717, 1.165) is 4.68 Å². The summed E-state index contributed by atoms with van der Waals surface area (Å²) in [6.07, 6.45) is -5.42. The van der Waals surface area contributed by atoms with Crippen LogP contribution in [0.5, 0.6) is 0 Å². The van der Waals surface area contributed by atoms with Crippen molar-refractivity contribution in [3.63, 3.8) is 0 Å². The third-order valence-corrected chi connectivity index (χ3v) is 3.21. The van der Waals surface area contributed by atoms with Crippen molar-refractivity contribution >= 4 is 5.91 Å². The van der Waals surface area contributed by atoms with Crippen molar-refractivity contribution in [1.29, 1.82) is 0 Å². The van der Waals surface area contributed by atoms with E-state index in [1.165, 1.54) is 6.20 Å². The molecule has 10 heteroatoms. The van der Waals surface area contributed by atoms with Gasteiger partial charge in [0.1, 0.15) is 24.4 Å². The lowest BCUT2D eigenvalue weighted by Gasteiger charge is -2.39. The van der Waals surface area contributed by atoms with Crippen molar-refractivity contribution < 1.29 is 30.0 Å². The number of aliphatic hydroxyl groups excluding tert-OH is 4. The number of nitrogens with one attached hydrogen (secondary N) is 1. The molecule has 21 heavy (non-hydrogen) atoms. The molecule has 2 heterocycles. The lowest BCUT2D eigenvalue weighted by Crippen LogP contribution is -2.56. The first kappa shape index (κ1) is 15.8. The quantitative estimate of drug-likeness (QED) is 0.395. The number of carbonyl (C=O) groups excluding carboxylic acids is 1. The van der Waals surface area contributed by atoms with Crippen LogP contribution in [0.1, 0.15) is 23.6 Å². The second-order valence-electron chi connectivity index (χ2n) is 4.66. The van der Waals surface area contributed by atoms with Gasteiger partial charge in [-0.25, -0.2) is 4.68 Å². The molecule has 1 saturated heterocycles. The van der Waals surface area contributed by atoms with Gasteiger partial charge >= 0.3 is 0 Å². The van der Waals surface area contributed by atoms with Crippen LogP contribution in [0, 0.1) is 0 Å². The zero-order chi connectivity index (χ0) is 15.6. The van der Waals surface area contributed by atoms with Crippen LogP contribution in [0.15, 0.2) is 6.20 Å². The average Bonchev–Trinajstić information content (AvgIpc) is 2.95. The lowest BCUT2D eigenvalue weighted by atomic mass is 9.98. The molecule has 0 aliphatic carbocycles. The molecule has 1 aliphatic rings. The van der Waals surface area contributed by atoms with Gasteiger partial charge in [0.05, 0.1) is 12.8 Å². The fourth-order valence-electron chi connectivity index (χ4n) is 2.06. The lowest BCUT2D eigenvalue weighted by molar-refractivity contribution is -0.254. The zero-order valence-corrected chi connectivity index (χ0v) is 11.3. The van der Waals surface area contributed by atoms with Crippen LogP contribution >= 0.6 is 0 Å². The maximum Gasteiger partial charge on any atom is 0.273 e. The molecule has 1 fully saturated rings. The predicted octanol–water partition coefficient (Wildman–Crippen LogP) is -3.00. The normalized spacial score (nSPS) is 32.9. The summed E-state index contributed by atoms with van der Waals surface area (Å²) >= 11 is 0. The summed E-state index contributed by atoms with van der Waals surface area (Å²) in [6, 6.07) is 0. The van der Waals surface area contributed by atoms with Crippen LogP contribution in [0.2, 0.25) is 0 Å². The number of hydrogen-bond donors (Lipinski definition) is 5. The molecule has 0 spiro atoms. The van der Waals surface area contributed by atoms with Gasteiger partial charge in [0.2, 0.25) is 0 Å². The highest BCUT2D eigenvalue weighted by atomic mass is 16.6. The SMILES string of the molecule is CCNC(=O)c1cn([C@@H]2O[C@H](CO)[C@@H](O)[C@H](O)[C@@H]2O)nn1. The number of hydrogen-bond acceptors (Lipinski definition) is 8. The molecule has 5 atom stereocenters. The minimum absolute atomic E-state index is 0.0220. The van der Waals surface area contributed by atoms with Crippen LogP contribution in [0.3, 0.4) is 0 Å². The second-order valence-corrected chi connectivity index (χ2v) is 4.66. The largest absolute Gasteiger partial charge is 0.394 e. The second kappa shape index (κ2) is 6.45. The van der Waals surface area contributed by atoms with Crippen LogP contribution in [-0.2, 0) is 4.74 Å². The summed E-state index contributed by atoms with van der Waals surface area (Å²) in [5.41, 5.74) is 0.0220. The Morgan fingerprint density at radius 1 is 1.38 bits per heavy atom. The molecule has 0 unspecified atom stereocenters. The van der Waals surface area contributed by atoms with Crippen molar-refractivity contribution in [2.45, 2.75) is 37.6 Å². The van der Waals surface area contributed by atoms with E-state index in [9.17, 15) is 20.1 Å². The fourth-order valence-corrected chi connectivity index (χ4v) is 2.06. The van der Waals surface area contributed by atoms with Crippen molar-refractivity contribution in [3.8, 4) is 0 Å². The first-order chi connectivity index (χ1) is 9.99. The molecule has 1 aliphatic heterocycles. The van der Waals surface area contributed by atoms with E-state index < -0.39 is 43.2 Å². The number of aromatic nitrogens is 3. The molecule has 118 valence electrons. The molecule has 0 radical (unpaired) electrons. The molecule has 10 nitrogen and oxygen atoms in total. The molecular formula is C11H18N4O6. The van der Waals surface area contributed by atoms with E-state index in [1.807, 2.05) is 0 Å². The minimum atomic E-state index is -1.52. The molecule has 0 saturated carbocycles. The summed E-state index contributed by atoms with van der Waals surface area (Å²) < 4.78 is 6.35. The number of ether oxygens (including phenoxy) is 1. The predicted molar refractivity (Wildman–Crippen MR) is 67.0 cm³/mol. The first-order valence-electron chi connectivity index (χ1n) is 6.50. The zero-order valence-electron chi connectivity index (χ0n) is 11.3. The molecule has 1 amide bonds. The van der Waals surface area contributed by atoms with Gasteiger partial charge in [-0.3, -0.25) is 4.79 Å². The highest BCUT2D eigenvalue weighted by Crippen LogP contribution is 2.27. The van der Waals surface area contributed by atoms with E-state index in [1.54, 1.807) is 6.92 Å². The number of rotatable bonds is 4. The molecule has 2 rings (SSSR count). The van der Waals surface area contributed by atoms with Crippen molar-refractivity contribution in [2.24, 2.45) is 0 Å². The monoisotopic (exact) mass is 302 g/mol. The van der Waals surface area contributed by atoms with Crippen molar-refractivity contribution in [2.75, 3.05) is 13.2 Å². The standard InChI is InChI=1S/C11H18N4O6/c1-2-12-10(20)5-3-15(14-13-5)11-9(19)8(18)7(17)6(4-16)21-11/h3,6-9,11,16-19H,2,4H2,1H3,(H,12,20)/t6-,7-,8+,9+,11-/m1/s1. The highest BCUT2D eigenvalue weighted by molar-refractivity contribution is 5.91. The Balaban J connectivity index is 2.18. The summed E-state index contributed by atoms with van der Waals surface area (Å²) in [5, 5.41) is 48.3. The van der Waals surface area contributed by atoms with Gasteiger partial charge < -0.3 is 30.5 Å². The topological polar surface area (TPSA) is 150 Å². The highest BCUT2D eigenvalue weighted by Gasteiger charge is 2.44. The van der Waals surface area contributed by atoms with Crippen molar-refractivity contribution in [3.05, 3.63) is 11.9 Å². The molecular weight excluding hydrogens is 284 g/mol. The average molecular weight is 302 g/mol. The Morgan fingerprint density at radius 2 is 2.10 bits per heavy atom. The van der Waals surface area contributed by atoms with E-state index in [-0.39, 0.29) is 5.69 Å². The van der Waals surface area contributed by atoms with Gasteiger partial charge in [-0.15, -0.1) is 5.10 Å². The van der Waals surface area contributed by atoms with Gasteiger partial charge in [-0.1, -0.05) is 5.21 Å². The van der Waals surface area contributed by atoms with Crippen LogP contribution in [-0.4, -0.2) is 78.9 Å². The fraction of sp³-hybridized carbons (Fsp3) is 0.727. The Morgan fingerprint density at radius 3 is 2.71 bits per heavy atom. The smallest absolute Gasteiger partial charge is 0.273 e. The Kier molecular flexibility index (Phi) is 4.85. The number of aliphatic hydroxyl groups is 4. The Bertz CT molecular complexity index is 493. The Labute approximate surface area is 120 Å². The number of nitrogens with zero attached hydrogens (tertiary/aromatic N) is 3. The molecule has 1 aromatic rings. The summed E-state index contributed by atoms with van der Waals surface area (Å²) in [6.45, 7) is 1.63. The van der Waals surface area contributed by atoms with Gasteiger partial charge in [-0.2, -0.15) is 0 Å². The van der Waals surface area contributed by atoms with Crippen molar-refractivity contribution in [1.82, 2.24) is 20.3 Å². The van der Waals surface area contributed by atoms with Gasteiger partial charge in [0.15, 0.2) is 11.9 Å². The van der Waals surface area contributed by atoms with Crippen LogP contribution < -0.4 is 5.32 Å². The summed E-state index contributed by atoms with van der Waals surface area (Å²) in [4.78, 5) is 11.6. The number of amides is 1. The molecule has 5 N–H and O–H groups in total. The number of carbonyl (C=O) groups is 1. The summed E-state index contributed by atoms with van der Waals surface area (Å²) in [5.74, 6) is -0.437. The van der Waals surface area contributed by atoms with Gasteiger partial charge in [-0.05, 0) is 6.92 Å².